The van der Waals surface area contributed by atoms with Crippen molar-refractivity contribution in [3.63, 3.8) is 0 Å². The normalized spacial score (nSPS) is 12.3. The second-order valence-corrected chi connectivity index (χ2v) is 7.69. The van der Waals surface area contributed by atoms with Crippen LogP contribution in [0.2, 0.25) is 0 Å². The van der Waals surface area contributed by atoms with Gasteiger partial charge in [0.15, 0.2) is 0 Å². The van der Waals surface area contributed by atoms with E-state index in [1.807, 2.05) is 0 Å². The third-order valence-electron chi connectivity index (χ3n) is 5.94. The van der Waals surface area contributed by atoms with E-state index in [9.17, 15) is 0 Å². The van der Waals surface area contributed by atoms with Gasteiger partial charge in [0, 0.05) is 0 Å². The van der Waals surface area contributed by atoms with Crippen LogP contribution >= 0.6 is 0 Å². The molecule has 0 N–H and O–H groups in total. The molecular weight excluding hydrogens is 348 g/mol. The maximum atomic E-state index is 2.36. The molecule has 0 heteroatoms. The van der Waals surface area contributed by atoms with Gasteiger partial charge < -0.3 is 0 Å². The van der Waals surface area contributed by atoms with Gasteiger partial charge in [0.2, 0.25) is 0 Å². The summed E-state index contributed by atoms with van der Waals surface area (Å²) in [6.45, 7) is 8.80. The lowest BCUT2D eigenvalue weighted by Gasteiger charge is -2.15. The van der Waals surface area contributed by atoms with Crippen LogP contribution in [0.5, 0.6) is 0 Å². The largest absolute Gasteiger partial charge is 0.0842 e. The van der Waals surface area contributed by atoms with E-state index in [2.05, 4.69) is 113 Å². The van der Waals surface area contributed by atoms with E-state index in [-0.39, 0.29) is 0 Å². The summed E-state index contributed by atoms with van der Waals surface area (Å²) < 4.78 is 0. The van der Waals surface area contributed by atoms with Crippen LogP contribution in [0.1, 0.15) is 37.0 Å². The molecule has 0 amide bonds. The molecule has 0 aliphatic carbocycles. The highest BCUT2D eigenvalue weighted by Gasteiger charge is 2.11. The third-order valence-corrected chi connectivity index (χ3v) is 5.94. The highest BCUT2D eigenvalue weighted by molar-refractivity contribution is 6.07. The minimum atomic E-state index is 1.05. The van der Waals surface area contributed by atoms with Gasteiger partial charge in [0.1, 0.15) is 0 Å². The number of allylic oxidation sites excluding steroid dienone is 4. The van der Waals surface area contributed by atoms with Crippen molar-refractivity contribution in [3.8, 4) is 11.1 Å². The molecule has 4 aromatic rings. The fraction of sp³-hybridized carbons (Fsp3) is 0.172. The van der Waals surface area contributed by atoms with Crippen molar-refractivity contribution in [1.82, 2.24) is 0 Å². The average Bonchev–Trinajstić information content (AvgIpc) is 2.78. The molecule has 0 saturated heterocycles. The number of benzene rings is 4. The summed E-state index contributed by atoms with van der Waals surface area (Å²) in [5, 5.41) is 5.39. The SMILES string of the molecule is C/C=C(\C=C/CC)c1ccc2c(C)c3cc(-c4ccccc4)ccc3c(C)c2c1. The summed E-state index contributed by atoms with van der Waals surface area (Å²) >= 11 is 0. The van der Waals surface area contributed by atoms with E-state index in [1.165, 1.54) is 54.9 Å². The predicted octanol–water partition coefficient (Wildman–Crippen LogP) is 8.65. The Morgan fingerprint density at radius 3 is 2.03 bits per heavy atom. The zero-order chi connectivity index (χ0) is 20.4. The standard InChI is InChI=1S/C29H28/c1-5-7-11-22(6-2)24-14-16-26-21(4)29-19-25(23-12-9-8-10-13-23)15-17-27(29)20(3)28(26)18-24/h6-19H,5H2,1-4H3/b11-7-,22-6+. The smallest absolute Gasteiger partial charge is 0.0139 e. The minimum Gasteiger partial charge on any atom is -0.0842 e. The molecule has 0 nitrogen and oxygen atoms in total. The minimum absolute atomic E-state index is 1.05. The lowest BCUT2D eigenvalue weighted by Crippen LogP contribution is -1.91. The van der Waals surface area contributed by atoms with Gasteiger partial charge in [-0.2, -0.15) is 0 Å². The van der Waals surface area contributed by atoms with Crippen LogP contribution in [0.4, 0.5) is 0 Å². The average molecular weight is 377 g/mol. The second kappa shape index (κ2) is 8.09. The van der Waals surface area contributed by atoms with Crippen LogP contribution in [-0.2, 0) is 0 Å². The number of hydrogen-bond donors (Lipinski definition) is 0. The maximum absolute atomic E-state index is 2.36. The molecule has 29 heavy (non-hydrogen) atoms. The Bertz CT molecular complexity index is 1240. The lowest BCUT2D eigenvalue weighted by atomic mass is 9.89. The first-order valence-electron chi connectivity index (χ1n) is 10.5. The first-order chi connectivity index (χ1) is 14.1. The first-order valence-corrected chi connectivity index (χ1v) is 10.5. The molecule has 4 rings (SSSR count). The molecule has 0 aliphatic rings. The van der Waals surface area contributed by atoms with Gasteiger partial charge in [-0.05, 0) is 94.3 Å². The molecule has 144 valence electrons. The number of fused-ring (bicyclic) bond motifs is 2. The Kier molecular flexibility index (Phi) is 5.36. The van der Waals surface area contributed by atoms with E-state index in [0.717, 1.165) is 6.42 Å². The van der Waals surface area contributed by atoms with Crippen LogP contribution in [0.3, 0.4) is 0 Å². The Balaban J connectivity index is 1.93. The quantitative estimate of drug-likeness (QED) is 0.247. The van der Waals surface area contributed by atoms with Gasteiger partial charge >= 0.3 is 0 Å². The Hall–Kier alpha value is -3.12. The molecule has 0 bridgehead atoms. The van der Waals surface area contributed by atoms with Crippen molar-refractivity contribution in [2.75, 3.05) is 0 Å². The van der Waals surface area contributed by atoms with Crippen LogP contribution < -0.4 is 0 Å². The van der Waals surface area contributed by atoms with E-state index in [4.69, 9.17) is 0 Å². The highest BCUT2D eigenvalue weighted by Crippen LogP contribution is 2.36. The summed E-state index contributed by atoms with van der Waals surface area (Å²) in [5.41, 5.74) is 7.82. The van der Waals surface area contributed by atoms with E-state index in [0.29, 0.717) is 0 Å². The van der Waals surface area contributed by atoms with Crippen molar-refractivity contribution in [2.24, 2.45) is 0 Å². The molecule has 4 aromatic carbocycles. The molecule has 0 unspecified atom stereocenters. The molecule has 0 spiro atoms. The summed E-state index contributed by atoms with van der Waals surface area (Å²) in [7, 11) is 0. The van der Waals surface area contributed by atoms with Crippen LogP contribution in [-0.4, -0.2) is 0 Å². The van der Waals surface area contributed by atoms with E-state index >= 15 is 0 Å². The summed E-state index contributed by atoms with van der Waals surface area (Å²) in [6, 6.07) is 24.4. The zero-order valence-electron chi connectivity index (χ0n) is 17.8. The summed E-state index contributed by atoms with van der Waals surface area (Å²) in [4.78, 5) is 0. The fourth-order valence-corrected chi connectivity index (χ4v) is 4.25. The Labute approximate surface area is 174 Å². The van der Waals surface area contributed by atoms with Gasteiger partial charge in [0.25, 0.3) is 0 Å². The van der Waals surface area contributed by atoms with Crippen LogP contribution in [0, 0.1) is 13.8 Å². The Morgan fingerprint density at radius 2 is 1.38 bits per heavy atom. The highest BCUT2D eigenvalue weighted by atomic mass is 14.2. The molecule has 0 fully saturated rings. The molecule has 0 atom stereocenters. The molecule has 0 radical (unpaired) electrons. The number of rotatable bonds is 4. The number of aryl methyl sites for hydroxylation is 2. The molecular formula is C29H28. The van der Waals surface area contributed by atoms with Crippen molar-refractivity contribution in [2.45, 2.75) is 34.1 Å². The van der Waals surface area contributed by atoms with Gasteiger partial charge in [-0.25, -0.2) is 0 Å². The van der Waals surface area contributed by atoms with E-state index in [1.54, 1.807) is 0 Å². The van der Waals surface area contributed by atoms with Crippen molar-refractivity contribution in [3.05, 3.63) is 102 Å². The first kappa shape index (κ1) is 19.2. The maximum Gasteiger partial charge on any atom is -0.0139 e. The summed E-state index contributed by atoms with van der Waals surface area (Å²) in [6.07, 6.45) is 7.71. The van der Waals surface area contributed by atoms with Crippen molar-refractivity contribution < 1.29 is 0 Å². The van der Waals surface area contributed by atoms with Crippen molar-refractivity contribution >= 4 is 27.1 Å². The molecule has 0 heterocycles. The van der Waals surface area contributed by atoms with Crippen molar-refractivity contribution in [1.29, 1.82) is 0 Å². The monoisotopic (exact) mass is 376 g/mol. The van der Waals surface area contributed by atoms with Crippen LogP contribution in [0.25, 0.3) is 38.2 Å². The van der Waals surface area contributed by atoms with Crippen LogP contribution in [0.15, 0.2) is 85.0 Å². The summed E-state index contributed by atoms with van der Waals surface area (Å²) in [5.74, 6) is 0. The number of hydrogen-bond acceptors (Lipinski definition) is 0. The van der Waals surface area contributed by atoms with Gasteiger partial charge in [-0.1, -0.05) is 79.7 Å². The topological polar surface area (TPSA) is 0 Å². The van der Waals surface area contributed by atoms with Gasteiger partial charge in [-0.3, -0.25) is 0 Å². The second-order valence-electron chi connectivity index (χ2n) is 7.69. The fourth-order valence-electron chi connectivity index (χ4n) is 4.25. The Morgan fingerprint density at radius 1 is 0.724 bits per heavy atom. The van der Waals surface area contributed by atoms with Gasteiger partial charge in [0.05, 0.1) is 0 Å². The third kappa shape index (κ3) is 3.51. The predicted molar refractivity (Wildman–Crippen MR) is 129 cm³/mol. The zero-order valence-corrected chi connectivity index (χ0v) is 17.8. The molecule has 0 saturated carbocycles. The van der Waals surface area contributed by atoms with Gasteiger partial charge in [-0.15, -0.1) is 0 Å². The lowest BCUT2D eigenvalue weighted by molar-refractivity contribution is 1.22. The molecule has 0 aromatic heterocycles. The molecule has 0 aliphatic heterocycles. The van der Waals surface area contributed by atoms with E-state index < -0.39 is 0 Å².